The second kappa shape index (κ2) is 10.5. The van der Waals surface area contributed by atoms with Crippen LogP contribution in [0.2, 0.25) is 5.02 Å². The lowest BCUT2D eigenvalue weighted by molar-refractivity contribution is -0.140. The van der Waals surface area contributed by atoms with Gasteiger partial charge in [0.15, 0.2) is 0 Å². The number of nitrogens with zero attached hydrogens (tertiary/aromatic N) is 2. The van der Waals surface area contributed by atoms with Crippen LogP contribution in [-0.2, 0) is 20.9 Å². The fourth-order valence-electron chi connectivity index (χ4n) is 3.79. The number of carbonyl (C=O) groups is 3. The second-order valence-corrected chi connectivity index (χ2v) is 8.38. The Morgan fingerprint density at radius 3 is 2.61 bits per heavy atom. The van der Waals surface area contributed by atoms with Crippen molar-refractivity contribution < 1.29 is 23.5 Å². The molecule has 2 aromatic carbocycles. The molecule has 1 aliphatic heterocycles. The summed E-state index contributed by atoms with van der Waals surface area (Å²) in [7, 11) is 0. The Labute approximate surface area is 212 Å². The summed E-state index contributed by atoms with van der Waals surface area (Å²) < 4.78 is 11.3. The van der Waals surface area contributed by atoms with Crippen LogP contribution in [0.15, 0.2) is 81.8 Å². The van der Waals surface area contributed by atoms with Gasteiger partial charge < -0.3 is 9.15 Å². The van der Waals surface area contributed by atoms with Gasteiger partial charge in [0.1, 0.15) is 29.8 Å². The van der Waals surface area contributed by atoms with E-state index in [4.69, 9.17) is 20.8 Å². The van der Waals surface area contributed by atoms with Crippen LogP contribution in [0.5, 0.6) is 0 Å². The lowest BCUT2D eigenvalue weighted by Crippen LogP contribution is -2.42. The number of ether oxygens (including phenoxy) is 1. The zero-order chi connectivity index (χ0) is 25.8. The number of furan rings is 1. The van der Waals surface area contributed by atoms with Gasteiger partial charge in [-0.1, -0.05) is 41.9 Å². The zero-order valence-corrected chi connectivity index (χ0v) is 20.3. The predicted octanol–water partition coefficient (Wildman–Crippen LogP) is 5.57. The second-order valence-electron chi connectivity index (χ2n) is 7.97. The largest absolute Gasteiger partial charge is 0.457 e. The van der Waals surface area contributed by atoms with E-state index in [0.29, 0.717) is 38.8 Å². The summed E-state index contributed by atoms with van der Waals surface area (Å²) >= 11 is 6.12. The molecule has 8 heteroatoms. The highest BCUT2D eigenvalue weighted by Crippen LogP contribution is 2.29. The molecule has 0 spiro atoms. The van der Waals surface area contributed by atoms with Gasteiger partial charge in [-0.15, -0.1) is 0 Å². The van der Waals surface area contributed by atoms with Crippen molar-refractivity contribution in [3.8, 4) is 17.4 Å². The summed E-state index contributed by atoms with van der Waals surface area (Å²) in [6, 6.07) is 19.2. The molecule has 0 atom stereocenters. The average molecular weight is 501 g/mol. The number of carbonyl (C=O) groups excluding carboxylic acids is 3. The third-order valence-corrected chi connectivity index (χ3v) is 6.12. The molecule has 1 aromatic heterocycles. The van der Waals surface area contributed by atoms with E-state index in [0.717, 1.165) is 4.90 Å². The van der Waals surface area contributed by atoms with Crippen LogP contribution in [0, 0.1) is 11.3 Å². The fraction of sp³-hybridized carbons (Fsp3) is 0.143. The lowest BCUT2D eigenvalue weighted by Gasteiger charge is -2.25. The Hall–Kier alpha value is -4.41. The first kappa shape index (κ1) is 24.7. The summed E-state index contributed by atoms with van der Waals surface area (Å²) in [4.78, 5) is 38.8. The predicted molar refractivity (Wildman–Crippen MR) is 133 cm³/mol. The molecule has 1 aliphatic rings. The van der Waals surface area contributed by atoms with E-state index >= 15 is 0 Å². The minimum atomic E-state index is -0.599. The van der Waals surface area contributed by atoms with Crippen LogP contribution in [0.3, 0.4) is 0 Å². The molecule has 2 heterocycles. The number of hydrogen-bond donors (Lipinski definition) is 0. The smallest absolute Gasteiger partial charge is 0.338 e. The van der Waals surface area contributed by atoms with Gasteiger partial charge in [-0.05, 0) is 55.8 Å². The Bertz CT molecular complexity index is 1470. The summed E-state index contributed by atoms with van der Waals surface area (Å²) in [5, 5.41) is 9.91. The molecule has 4 rings (SSSR count). The van der Waals surface area contributed by atoms with Crippen LogP contribution in [0.4, 0.5) is 0 Å². The van der Waals surface area contributed by atoms with E-state index in [1.54, 1.807) is 68.4 Å². The Balaban J connectivity index is 1.57. The van der Waals surface area contributed by atoms with Gasteiger partial charge >= 0.3 is 5.97 Å². The number of nitriles is 1. The molecule has 0 saturated heterocycles. The van der Waals surface area contributed by atoms with Crippen molar-refractivity contribution in [1.29, 1.82) is 5.26 Å². The lowest BCUT2D eigenvalue weighted by atomic mass is 9.95. The van der Waals surface area contributed by atoms with Crippen LogP contribution in [-0.4, -0.2) is 29.2 Å². The maximum Gasteiger partial charge on any atom is 0.338 e. The molecule has 0 fully saturated rings. The standard InChI is InChI=1S/C28H21ClN2O5/c1-3-31-26(32)22(17(2)23(15-30)27(31)33)14-21-11-12-25(36-21)18-8-6-9-19(13-18)28(34)35-16-20-7-4-5-10-24(20)29/h4-14H,3,16H2,1-2H3/b22-14-. The number of amides is 2. The van der Waals surface area contributed by atoms with Crippen LogP contribution >= 0.6 is 11.6 Å². The molecule has 180 valence electrons. The minimum absolute atomic E-state index is 0.0457. The van der Waals surface area contributed by atoms with Crippen LogP contribution in [0.1, 0.15) is 35.5 Å². The number of rotatable bonds is 6. The molecule has 0 N–H and O–H groups in total. The third kappa shape index (κ3) is 4.85. The molecule has 3 aromatic rings. The summed E-state index contributed by atoms with van der Waals surface area (Å²) in [5.41, 5.74) is 2.13. The highest BCUT2D eigenvalue weighted by molar-refractivity contribution is 6.31. The Morgan fingerprint density at radius 1 is 1.11 bits per heavy atom. The number of esters is 1. The maximum atomic E-state index is 12.8. The van der Waals surface area contributed by atoms with E-state index in [1.807, 2.05) is 12.1 Å². The molecule has 0 saturated carbocycles. The molecule has 0 bridgehead atoms. The first-order chi connectivity index (χ1) is 17.3. The number of hydrogen-bond acceptors (Lipinski definition) is 6. The summed E-state index contributed by atoms with van der Waals surface area (Å²) in [6.45, 7) is 3.43. The quantitative estimate of drug-likeness (QED) is 0.249. The molecule has 7 nitrogen and oxygen atoms in total. The van der Waals surface area contributed by atoms with Crippen molar-refractivity contribution in [2.75, 3.05) is 6.54 Å². The van der Waals surface area contributed by atoms with Crippen molar-refractivity contribution in [1.82, 2.24) is 4.90 Å². The SMILES string of the molecule is CCN1C(=O)C(C#N)=C(C)/C(=C/c2ccc(-c3cccc(C(=O)OCc4ccccc4Cl)c3)o2)C1=O. The molecular weight excluding hydrogens is 480 g/mol. The van der Waals surface area contributed by atoms with Gasteiger partial charge in [0.2, 0.25) is 0 Å². The van der Waals surface area contributed by atoms with Gasteiger partial charge in [0.05, 0.1) is 5.56 Å². The monoisotopic (exact) mass is 500 g/mol. The Kier molecular flexibility index (Phi) is 7.18. The van der Waals surface area contributed by atoms with Crippen molar-refractivity contribution in [2.24, 2.45) is 0 Å². The average Bonchev–Trinajstić information content (AvgIpc) is 3.35. The number of benzene rings is 2. The van der Waals surface area contributed by atoms with Gasteiger partial charge in [-0.25, -0.2) is 4.79 Å². The fourth-order valence-corrected chi connectivity index (χ4v) is 3.98. The van der Waals surface area contributed by atoms with E-state index in [2.05, 4.69) is 0 Å². The van der Waals surface area contributed by atoms with Crippen LogP contribution < -0.4 is 0 Å². The highest BCUT2D eigenvalue weighted by atomic mass is 35.5. The van der Waals surface area contributed by atoms with E-state index in [1.165, 1.54) is 6.08 Å². The van der Waals surface area contributed by atoms with E-state index in [-0.39, 0.29) is 24.3 Å². The summed E-state index contributed by atoms with van der Waals surface area (Å²) in [5.74, 6) is -0.760. The number of halogens is 1. The topological polar surface area (TPSA) is 101 Å². The van der Waals surface area contributed by atoms with E-state index < -0.39 is 17.8 Å². The van der Waals surface area contributed by atoms with Gasteiger partial charge in [0, 0.05) is 28.3 Å². The molecule has 36 heavy (non-hydrogen) atoms. The van der Waals surface area contributed by atoms with Gasteiger partial charge in [0.25, 0.3) is 11.8 Å². The van der Waals surface area contributed by atoms with Crippen molar-refractivity contribution in [2.45, 2.75) is 20.5 Å². The molecular formula is C28H21ClN2O5. The minimum Gasteiger partial charge on any atom is -0.457 e. The molecule has 0 unspecified atom stereocenters. The Morgan fingerprint density at radius 2 is 1.89 bits per heavy atom. The maximum absolute atomic E-state index is 12.8. The zero-order valence-electron chi connectivity index (χ0n) is 19.6. The van der Waals surface area contributed by atoms with E-state index in [9.17, 15) is 19.6 Å². The molecule has 0 radical (unpaired) electrons. The molecule has 2 amide bonds. The summed E-state index contributed by atoms with van der Waals surface area (Å²) in [6.07, 6.45) is 1.51. The first-order valence-electron chi connectivity index (χ1n) is 11.1. The first-order valence-corrected chi connectivity index (χ1v) is 11.5. The normalized spacial score (nSPS) is 14.8. The molecule has 0 aliphatic carbocycles. The van der Waals surface area contributed by atoms with Gasteiger partial charge in [-0.3, -0.25) is 14.5 Å². The van der Waals surface area contributed by atoms with Crippen molar-refractivity contribution in [3.05, 3.63) is 99.3 Å². The number of likely N-dealkylation sites (N-methyl/N-ethyl adjacent to an activating group) is 1. The van der Waals surface area contributed by atoms with Crippen LogP contribution in [0.25, 0.3) is 17.4 Å². The van der Waals surface area contributed by atoms with Crippen molar-refractivity contribution >= 4 is 35.5 Å². The van der Waals surface area contributed by atoms with Gasteiger partial charge in [-0.2, -0.15) is 5.26 Å². The highest BCUT2D eigenvalue weighted by Gasteiger charge is 2.34. The third-order valence-electron chi connectivity index (χ3n) is 5.75. The number of imide groups is 1. The van der Waals surface area contributed by atoms with Crippen molar-refractivity contribution in [3.63, 3.8) is 0 Å².